The number of nitriles is 1. The molecule has 11 heteroatoms. The molecular weight excluding hydrogens is 573 g/mol. The van der Waals surface area contributed by atoms with Crippen molar-refractivity contribution >= 4 is 55.5 Å². The van der Waals surface area contributed by atoms with Crippen LogP contribution in [0.15, 0.2) is 83.1 Å². The van der Waals surface area contributed by atoms with Crippen LogP contribution < -0.4 is 4.90 Å². The van der Waals surface area contributed by atoms with Crippen molar-refractivity contribution in [1.82, 2.24) is 3.97 Å². The first-order chi connectivity index (χ1) is 19.2. The number of benzene rings is 3. The number of fused-ring (bicyclic) bond motifs is 1. The number of hydrogen-bond acceptors (Lipinski definition) is 6. The van der Waals surface area contributed by atoms with Crippen LogP contribution in [-0.4, -0.2) is 36.6 Å². The van der Waals surface area contributed by atoms with E-state index in [1.54, 1.807) is 29.6 Å². The minimum atomic E-state index is -4.24. The molecule has 5 aromatic rings. The standard InChI is InChI=1S/C29H19ClFN3O4S2/c30-19-4-7-22(8-5-19)40(37,38)34-25-9-6-20(31)13-24(25)27(23-10-11-39-26(23)14-32)28(34)17-2-1-3-21(12-17)33-15-18(16-33)29(35)36/h1-13,18H,15-16H2,(H,35,36). The fourth-order valence-electron chi connectivity index (χ4n) is 5.02. The Balaban J connectivity index is 1.68. The van der Waals surface area contributed by atoms with Crippen LogP contribution in [0.3, 0.4) is 0 Å². The summed E-state index contributed by atoms with van der Waals surface area (Å²) in [6, 6.07) is 20.7. The number of halogens is 2. The predicted octanol–water partition coefficient (Wildman–Crippen LogP) is 6.46. The van der Waals surface area contributed by atoms with E-state index in [0.717, 1.165) is 5.69 Å². The van der Waals surface area contributed by atoms with E-state index in [2.05, 4.69) is 6.07 Å². The Labute approximate surface area is 238 Å². The minimum Gasteiger partial charge on any atom is -0.481 e. The smallest absolute Gasteiger partial charge is 0.310 e. The van der Waals surface area contributed by atoms with Gasteiger partial charge in [-0.15, -0.1) is 11.3 Å². The average molecular weight is 592 g/mol. The van der Waals surface area contributed by atoms with Crippen molar-refractivity contribution in [2.75, 3.05) is 18.0 Å². The number of carbonyl (C=O) groups is 1. The molecule has 0 atom stereocenters. The van der Waals surface area contributed by atoms with Crippen molar-refractivity contribution in [1.29, 1.82) is 5.26 Å². The summed E-state index contributed by atoms with van der Waals surface area (Å²) in [6.45, 7) is 0.651. The molecule has 0 radical (unpaired) electrons. The van der Waals surface area contributed by atoms with Crippen molar-refractivity contribution in [3.8, 4) is 28.5 Å². The van der Waals surface area contributed by atoms with E-state index in [1.165, 1.54) is 57.8 Å². The lowest BCUT2D eigenvalue weighted by Crippen LogP contribution is -2.50. The van der Waals surface area contributed by atoms with Crippen molar-refractivity contribution in [2.45, 2.75) is 4.90 Å². The molecule has 1 aliphatic heterocycles. The molecule has 2 aromatic heterocycles. The topological polar surface area (TPSA) is 103 Å². The van der Waals surface area contributed by atoms with Crippen LogP contribution in [0, 0.1) is 23.1 Å². The number of rotatable bonds is 6. The summed E-state index contributed by atoms with van der Waals surface area (Å²) in [5, 5.41) is 21.6. The molecule has 0 amide bonds. The molecule has 200 valence electrons. The van der Waals surface area contributed by atoms with E-state index in [-0.39, 0.29) is 16.1 Å². The summed E-state index contributed by atoms with van der Waals surface area (Å²) >= 11 is 7.24. The summed E-state index contributed by atoms with van der Waals surface area (Å²) in [7, 11) is -4.24. The van der Waals surface area contributed by atoms with Gasteiger partial charge in [0.2, 0.25) is 0 Å². The molecular formula is C29H19ClFN3O4S2. The number of nitrogens with zero attached hydrogens (tertiary/aromatic N) is 3. The number of anilines is 1. The predicted molar refractivity (Wildman–Crippen MR) is 153 cm³/mol. The van der Waals surface area contributed by atoms with E-state index in [9.17, 15) is 28.0 Å². The van der Waals surface area contributed by atoms with Crippen LogP contribution >= 0.6 is 22.9 Å². The largest absolute Gasteiger partial charge is 0.481 e. The van der Waals surface area contributed by atoms with Crippen LogP contribution in [0.25, 0.3) is 33.3 Å². The lowest BCUT2D eigenvalue weighted by molar-refractivity contribution is -0.142. The highest BCUT2D eigenvalue weighted by Gasteiger charge is 2.34. The van der Waals surface area contributed by atoms with Gasteiger partial charge in [-0.1, -0.05) is 23.7 Å². The molecule has 0 saturated carbocycles. The number of aromatic nitrogens is 1. The van der Waals surface area contributed by atoms with Crippen LogP contribution in [0.2, 0.25) is 5.02 Å². The molecule has 3 aromatic carbocycles. The second kappa shape index (κ2) is 9.78. The van der Waals surface area contributed by atoms with Gasteiger partial charge >= 0.3 is 5.97 Å². The van der Waals surface area contributed by atoms with Gasteiger partial charge in [0.1, 0.15) is 16.8 Å². The number of carboxylic acid groups (broad SMARTS) is 1. The zero-order valence-corrected chi connectivity index (χ0v) is 23.0. The molecule has 1 saturated heterocycles. The van der Waals surface area contributed by atoms with Gasteiger partial charge in [0, 0.05) is 45.9 Å². The maximum atomic E-state index is 14.7. The third-order valence-electron chi connectivity index (χ3n) is 6.99. The molecule has 3 heterocycles. The first-order valence-corrected chi connectivity index (χ1v) is 14.8. The fourth-order valence-corrected chi connectivity index (χ4v) is 7.38. The van der Waals surface area contributed by atoms with Gasteiger partial charge in [-0.25, -0.2) is 16.8 Å². The zero-order chi connectivity index (χ0) is 28.2. The molecule has 0 aliphatic carbocycles. The highest BCUT2D eigenvalue weighted by molar-refractivity contribution is 7.90. The second-order valence-corrected chi connectivity index (χ2v) is 12.5. The first kappa shape index (κ1) is 26.1. The number of hydrogen-bond donors (Lipinski definition) is 1. The zero-order valence-electron chi connectivity index (χ0n) is 20.6. The van der Waals surface area contributed by atoms with Gasteiger partial charge in [0.05, 0.1) is 22.0 Å². The molecule has 40 heavy (non-hydrogen) atoms. The summed E-state index contributed by atoms with van der Waals surface area (Å²) in [5.74, 6) is -1.90. The molecule has 7 nitrogen and oxygen atoms in total. The van der Waals surface area contributed by atoms with Crippen LogP contribution in [0.1, 0.15) is 4.88 Å². The Kier molecular flexibility index (Phi) is 6.38. The lowest BCUT2D eigenvalue weighted by atomic mass is 9.96. The van der Waals surface area contributed by atoms with Gasteiger partial charge < -0.3 is 10.0 Å². The van der Waals surface area contributed by atoms with E-state index < -0.39 is 27.7 Å². The summed E-state index contributed by atoms with van der Waals surface area (Å²) < 4.78 is 44.4. The van der Waals surface area contributed by atoms with Crippen LogP contribution in [0.4, 0.5) is 10.1 Å². The maximum Gasteiger partial charge on any atom is 0.310 e. The van der Waals surface area contributed by atoms with E-state index >= 15 is 0 Å². The number of thiophene rings is 1. The van der Waals surface area contributed by atoms with Gasteiger partial charge in [0.15, 0.2) is 0 Å². The Morgan fingerprint density at radius 2 is 1.82 bits per heavy atom. The molecule has 1 fully saturated rings. The quantitative estimate of drug-likeness (QED) is 0.243. The highest BCUT2D eigenvalue weighted by atomic mass is 35.5. The molecule has 0 spiro atoms. The van der Waals surface area contributed by atoms with Gasteiger partial charge in [-0.05, 0) is 66.0 Å². The molecule has 6 rings (SSSR count). The van der Waals surface area contributed by atoms with E-state index in [1.807, 2.05) is 11.0 Å². The Morgan fingerprint density at radius 3 is 2.52 bits per heavy atom. The molecule has 0 bridgehead atoms. The summed E-state index contributed by atoms with van der Waals surface area (Å²) in [4.78, 5) is 13.6. The Morgan fingerprint density at radius 1 is 1.07 bits per heavy atom. The van der Waals surface area contributed by atoms with Crippen molar-refractivity contribution in [2.24, 2.45) is 5.92 Å². The van der Waals surface area contributed by atoms with E-state index in [0.29, 0.717) is 45.1 Å². The van der Waals surface area contributed by atoms with Gasteiger partial charge in [0.25, 0.3) is 10.0 Å². The highest BCUT2D eigenvalue weighted by Crippen LogP contribution is 2.46. The van der Waals surface area contributed by atoms with E-state index in [4.69, 9.17) is 11.6 Å². The third-order valence-corrected chi connectivity index (χ3v) is 9.79. The molecule has 1 aliphatic rings. The van der Waals surface area contributed by atoms with Crippen molar-refractivity contribution in [3.63, 3.8) is 0 Å². The number of carboxylic acids is 1. The second-order valence-electron chi connectivity index (χ2n) is 9.37. The van der Waals surface area contributed by atoms with Gasteiger partial charge in [-0.2, -0.15) is 5.26 Å². The molecule has 0 unspecified atom stereocenters. The minimum absolute atomic E-state index is 0.0139. The summed E-state index contributed by atoms with van der Waals surface area (Å²) in [6.07, 6.45) is 0. The molecule has 1 N–H and O–H groups in total. The first-order valence-electron chi connectivity index (χ1n) is 12.1. The van der Waals surface area contributed by atoms with Crippen LogP contribution in [-0.2, 0) is 14.8 Å². The Hall–Kier alpha value is -4.17. The lowest BCUT2D eigenvalue weighted by Gasteiger charge is -2.38. The maximum absolute atomic E-state index is 14.7. The summed E-state index contributed by atoms with van der Waals surface area (Å²) in [5.41, 5.74) is 2.64. The fraction of sp³-hybridized carbons (Fsp3) is 0.103. The van der Waals surface area contributed by atoms with Crippen molar-refractivity contribution in [3.05, 3.63) is 93.9 Å². The SMILES string of the molecule is N#Cc1sccc1-c1c(-c2cccc(N3CC(C(=O)O)C3)c2)n(S(=O)(=O)c2ccc(Cl)cc2)c2ccc(F)cc12. The number of aliphatic carboxylic acids is 1. The van der Waals surface area contributed by atoms with Gasteiger partial charge in [-0.3, -0.25) is 4.79 Å². The van der Waals surface area contributed by atoms with Crippen LogP contribution in [0.5, 0.6) is 0 Å². The monoisotopic (exact) mass is 591 g/mol. The normalized spacial score (nSPS) is 13.8. The third kappa shape index (κ3) is 4.23. The average Bonchev–Trinajstić information content (AvgIpc) is 3.50. The Bertz CT molecular complexity index is 1950. The van der Waals surface area contributed by atoms with Crippen molar-refractivity contribution < 1.29 is 22.7 Å².